The van der Waals surface area contributed by atoms with Gasteiger partial charge in [0.15, 0.2) is 0 Å². The molecule has 1 aromatic heterocycles. The van der Waals surface area contributed by atoms with E-state index in [0.29, 0.717) is 36.8 Å². The van der Waals surface area contributed by atoms with Crippen LogP contribution in [0.4, 0.5) is 5.69 Å². The number of hydrogen-bond acceptors (Lipinski definition) is 5. The Balaban J connectivity index is 1.52. The summed E-state index contributed by atoms with van der Waals surface area (Å²) in [6.45, 7) is 2.24. The van der Waals surface area contributed by atoms with Crippen molar-refractivity contribution >= 4 is 11.6 Å². The van der Waals surface area contributed by atoms with Crippen LogP contribution >= 0.6 is 0 Å². The van der Waals surface area contributed by atoms with Crippen molar-refractivity contribution in [1.29, 1.82) is 0 Å². The fourth-order valence-corrected chi connectivity index (χ4v) is 2.43. The molecule has 2 aromatic carbocycles. The van der Waals surface area contributed by atoms with Crippen LogP contribution in [0.25, 0.3) is 11.5 Å². The molecule has 1 heterocycles. The van der Waals surface area contributed by atoms with Gasteiger partial charge in [0.25, 0.3) is 0 Å². The second-order valence-electron chi connectivity index (χ2n) is 5.72. The zero-order valence-corrected chi connectivity index (χ0v) is 14.6. The number of rotatable bonds is 7. The van der Waals surface area contributed by atoms with E-state index in [1.165, 1.54) is 0 Å². The number of nitrogens with zero attached hydrogens (tertiary/aromatic N) is 2. The lowest BCUT2D eigenvalue weighted by atomic mass is 10.2. The zero-order valence-electron chi connectivity index (χ0n) is 14.6. The lowest BCUT2D eigenvalue weighted by Crippen LogP contribution is -2.36. The average Bonchev–Trinajstić information content (AvgIpc) is 3.17. The fourth-order valence-electron chi connectivity index (χ4n) is 2.43. The third-order valence-electron chi connectivity index (χ3n) is 3.89. The van der Waals surface area contributed by atoms with Gasteiger partial charge in [-0.25, -0.2) is 15.8 Å². The Morgan fingerprint density at radius 2 is 1.88 bits per heavy atom. The molecule has 3 aromatic rings. The summed E-state index contributed by atoms with van der Waals surface area (Å²) in [6.07, 6.45) is 2.64. The first-order valence-electron chi connectivity index (χ1n) is 8.47. The summed E-state index contributed by atoms with van der Waals surface area (Å²) in [4.78, 5) is 16.1. The minimum absolute atomic E-state index is 0.140. The number of oxazole rings is 1. The van der Waals surface area contributed by atoms with Gasteiger partial charge in [-0.05, 0) is 36.4 Å². The quantitative estimate of drug-likeness (QED) is 0.400. The van der Waals surface area contributed by atoms with E-state index < -0.39 is 0 Å². The molecule has 0 saturated carbocycles. The Kier molecular flexibility index (Phi) is 5.66. The molecule has 26 heavy (non-hydrogen) atoms. The highest BCUT2D eigenvalue weighted by atomic mass is 16.5. The molecular formula is C20H21N3O3. The van der Waals surface area contributed by atoms with Crippen LogP contribution in [0.1, 0.15) is 19.0 Å². The third kappa shape index (κ3) is 4.29. The Hall–Kier alpha value is -3.12. The summed E-state index contributed by atoms with van der Waals surface area (Å²) in [5.41, 5.74) is 2.42. The number of hydrazine groups is 1. The van der Waals surface area contributed by atoms with Gasteiger partial charge in [-0.15, -0.1) is 0 Å². The number of benzene rings is 2. The maximum atomic E-state index is 11.6. The number of carbonyl (C=O) groups excluding carboxylic acids is 1. The van der Waals surface area contributed by atoms with E-state index in [1.807, 2.05) is 30.3 Å². The minimum Gasteiger partial charge on any atom is -0.493 e. The van der Waals surface area contributed by atoms with Crippen molar-refractivity contribution in [3.8, 4) is 17.2 Å². The summed E-state index contributed by atoms with van der Waals surface area (Å²) in [5, 5.41) is 1.14. The largest absolute Gasteiger partial charge is 0.493 e. The van der Waals surface area contributed by atoms with Crippen LogP contribution in [-0.2, 0) is 11.2 Å². The second kappa shape index (κ2) is 8.31. The lowest BCUT2D eigenvalue weighted by Gasteiger charge is -2.16. The van der Waals surface area contributed by atoms with Crippen molar-refractivity contribution in [3.63, 3.8) is 0 Å². The molecule has 0 radical (unpaired) electrons. The first kappa shape index (κ1) is 17.7. The molecule has 0 spiro atoms. The van der Waals surface area contributed by atoms with Crippen molar-refractivity contribution in [3.05, 3.63) is 66.6 Å². The first-order valence-corrected chi connectivity index (χ1v) is 8.47. The Bertz CT molecular complexity index is 844. The molecule has 3 rings (SSSR count). The van der Waals surface area contributed by atoms with E-state index in [-0.39, 0.29) is 5.91 Å². The van der Waals surface area contributed by atoms with Crippen LogP contribution < -0.4 is 15.6 Å². The summed E-state index contributed by atoms with van der Waals surface area (Å²) in [7, 11) is 0. The molecule has 6 heteroatoms. The fraction of sp³-hybridized carbons (Fsp3) is 0.200. The summed E-state index contributed by atoms with van der Waals surface area (Å²) >= 11 is 0. The van der Waals surface area contributed by atoms with Gasteiger partial charge in [0.1, 0.15) is 12.0 Å². The van der Waals surface area contributed by atoms with Crippen molar-refractivity contribution < 1.29 is 13.9 Å². The summed E-state index contributed by atoms with van der Waals surface area (Å²) in [5.74, 6) is 6.92. The third-order valence-corrected chi connectivity index (χ3v) is 3.89. The van der Waals surface area contributed by atoms with E-state index >= 15 is 0 Å². The van der Waals surface area contributed by atoms with Crippen LogP contribution in [-0.4, -0.2) is 17.5 Å². The van der Waals surface area contributed by atoms with Crippen LogP contribution in [0.2, 0.25) is 0 Å². The number of aromatic nitrogens is 1. The minimum atomic E-state index is -0.140. The van der Waals surface area contributed by atoms with Gasteiger partial charge >= 0.3 is 0 Å². The zero-order chi connectivity index (χ0) is 18.4. The topological polar surface area (TPSA) is 81.6 Å². The molecule has 1 amide bonds. The van der Waals surface area contributed by atoms with Gasteiger partial charge < -0.3 is 9.15 Å². The highest BCUT2D eigenvalue weighted by Crippen LogP contribution is 2.20. The number of ether oxygens (including phenoxy) is 1. The van der Waals surface area contributed by atoms with E-state index in [0.717, 1.165) is 16.3 Å². The molecule has 0 fully saturated rings. The van der Waals surface area contributed by atoms with Crippen LogP contribution in [0, 0.1) is 0 Å². The highest BCUT2D eigenvalue weighted by molar-refractivity contribution is 5.91. The number of nitrogens with two attached hydrogens (primary N) is 1. The van der Waals surface area contributed by atoms with Crippen LogP contribution in [0.5, 0.6) is 5.75 Å². The Morgan fingerprint density at radius 3 is 2.58 bits per heavy atom. The Morgan fingerprint density at radius 1 is 1.15 bits per heavy atom. The number of carbonyl (C=O) groups is 1. The first-order chi connectivity index (χ1) is 12.7. The molecule has 6 nitrogen and oxygen atoms in total. The molecule has 0 saturated heterocycles. The molecule has 0 aliphatic carbocycles. The molecule has 0 atom stereocenters. The molecule has 2 N–H and O–H groups in total. The van der Waals surface area contributed by atoms with Crippen LogP contribution in [0.3, 0.4) is 0 Å². The maximum absolute atomic E-state index is 11.6. The number of anilines is 1. The van der Waals surface area contributed by atoms with Gasteiger partial charge in [0.05, 0.1) is 18.0 Å². The van der Waals surface area contributed by atoms with E-state index in [9.17, 15) is 4.79 Å². The molecule has 0 aliphatic rings. The smallest absolute Gasteiger partial charge is 0.240 e. The average molecular weight is 351 g/mol. The second-order valence-corrected chi connectivity index (χ2v) is 5.72. The normalized spacial score (nSPS) is 10.5. The number of hydrogen-bond donors (Lipinski definition) is 1. The number of amides is 1. The molecular weight excluding hydrogens is 330 g/mol. The summed E-state index contributed by atoms with van der Waals surface area (Å²) < 4.78 is 11.2. The SMILES string of the molecule is CCC(=O)N(N)c1ccc(OCCc2coc(-c3ccccc3)n2)cc1. The van der Waals surface area contributed by atoms with Crippen molar-refractivity contribution in [2.75, 3.05) is 11.6 Å². The van der Waals surface area contributed by atoms with Gasteiger partial charge in [0.2, 0.25) is 11.8 Å². The van der Waals surface area contributed by atoms with Crippen molar-refractivity contribution in [2.24, 2.45) is 5.84 Å². The van der Waals surface area contributed by atoms with E-state index in [2.05, 4.69) is 4.98 Å². The van der Waals surface area contributed by atoms with E-state index in [4.69, 9.17) is 15.0 Å². The van der Waals surface area contributed by atoms with Gasteiger partial charge in [-0.3, -0.25) is 4.79 Å². The predicted molar refractivity (Wildman–Crippen MR) is 99.5 cm³/mol. The van der Waals surface area contributed by atoms with Crippen molar-refractivity contribution in [1.82, 2.24) is 4.98 Å². The molecule has 0 aliphatic heterocycles. The van der Waals surface area contributed by atoms with Gasteiger partial charge in [-0.1, -0.05) is 25.1 Å². The Labute approximate surface area is 152 Å². The molecule has 0 bridgehead atoms. The standard InChI is InChI=1S/C20H21N3O3/c1-2-19(24)23(21)17-8-10-18(11-9-17)25-13-12-16-14-26-20(22-16)15-6-4-3-5-7-15/h3-11,14H,2,12-13,21H2,1H3. The molecule has 134 valence electrons. The van der Waals surface area contributed by atoms with E-state index in [1.54, 1.807) is 37.5 Å². The lowest BCUT2D eigenvalue weighted by molar-refractivity contribution is -0.118. The van der Waals surface area contributed by atoms with Gasteiger partial charge in [0, 0.05) is 18.4 Å². The van der Waals surface area contributed by atoms with Crippen LogP contribution in [0.15, 0.2) is 65.3 Å². The van der Waals surface area contributed by atoms with Gasteiger partial charge in [-0.2, -0.15) is 0 Å². The summed E-state index contributed by atoms with van der Waals surface area (Å²) in [6, 6.07) is 16.8. The van der Waals surface area contributed by atoms with Crippen molar-refractivity contribution in [2.45, 2.75) is 19.8 Å². The monoisotopic (exact) mass is 351 g/mol. The molecule has 0 unspecified atom stereocenters. The predicted octanol–water partition coefficient (Wildman–Crippen LogP) is 3.58. The highest BCUT2D eigenvalue weighted by Gasteiger charge is 2.09. The maximum Gasteiger partial charge on any atom is 0.240 e.